The number of nitrogens with one attached hydrogen (secondary N) is 1. The van der Waals surface area contributed by atoms with E-state index in [4.69, 9.17) is 0 Å². The number of amides is 1. The first kappa shape index (κ1) is 15.5. The lowest BCUT2D eigenvalue weighted by atomic mass is 9.81. The van der Waals surface area contributed by atoms with E-state index in [1.807, 2.05) is 13.8 Å². The van der Waals surface area contributed by atoms with Gasteiger partial charge < -0.3 is 10.4 Å². The van der Waals surface area contributed by atoms with Crippen LogP contribution in [0.4, 0.5) is 0 Å². The Morgan fingerprint density at radius 1 is 1.21 bits per heavy atom. The van der Waals surface area contributed by atoms with Gasteiger partial charge in [-0.05, 0) is 56.4 Å². The molecule has 0 fully saturated rings. The first-order valence-corrected chi connectivity index (χ1v) is 6.62. The molecule has 0 aliphatic carbocycles. The smallest absolute Gasteiger partial charge is 0.251 e. The maximum Gasteiger partial charge on any atom is 0.251 e. The fraction of sp³-hybridized carbons (Fsp3) is 0.562. The van der Waals surface area contributed by atoms with Crippen LogP contribution in [0, 0.1) is 12.3 Å². The Kier molecular flexibility index (Phi) is 4.28. The van der Waals surface area contributed by atoms with E-state index in [9.17, 15) is 9.90 Å². The summed E-state index contributed by atoms with van der Waals surface area (Å²) in [6.45, 7) is 12.3. The number of hydrogen-bond acceptors (Lipinski definition) is 2. The maximum absolute atomic E-state index is 12.2. The number of aryl methyl sites for hydroxylation is 1. The van der Waals surface area contributed by atoms with E-state index in [1.165, 1.54) is 0 Å². The molecule has 0 atom stereocenters. The molecule has 0 unspecified atom stereocenters. The quantitative estimate of drug-likeness (QED) is 0.874. The van der Waals surface area contributed by atoms with Crippen LogP contribution in [0.3, 0.4) is 0 Å². The molecular formula is C16H25NO2. The average molecular weight is 263 g/mol. The summed E-state index contributed by atoms with van der Waals surface area (Å²) in [5.74, 6) is 0.114. The van der Waals surface area contributed by atoms with Gasteiger partial charge in [-0.1, -0.05) is 20.8 Å². The van der Waals surface area contributed by atoms with Gasteiger partial charge in [0.05, 0.1) is 0 Å². The molecule has 0 aliphatic rings. The van der Waals surface area contributed by atoms with Crippen molar-refractivity contribution in [2.24, 2.45) is 5.41 Å². The number of rotatable bonds is 3. The molecule has 0 saturated heterocycles. The minimum absolute atomic E-state index is 0.0997. The molecule has 0 spiro atoms. The second-order valence-corrected chi connectivity index (χ2v) is 7.08. The Labute approximate surface area is 116 Å². The normalized spacial score (nSPS) is 12.3. The molecule has 1 rings (SSSR count). The zero-order valence-corrected chi connectivity index (χ0v) is 12.8. The van der Waals surface area contributed by atoms with Crippen molar-refractivity contribution in [3.8, 4) is 5.75 Å². The second kappa shape index (κ2) is 5.24. The first-order valence-electron chi connectivity index (χ1n) is 6.62. The lowest BCUT2D eigenvalue weighted by molar-refractivity contribution is 0.0891. The number of aromatic hydroxyl groups is 1. The van der Waals surface area contributed by atoms with E-state index in [-0.39, 0.29) is 22.6 Å². The van der Waals surface area contributed by atoms with Crippen LogP contribution in [-0.2, 0) is 0 Å². The molecule has 106 valence electrons. The molecule has 0 bridgehead atoms. The first-order chi connectivity index (χ1) is 8.50. The van der Waals surface area contributed by atoms with Crippen LogP contribution in [0.2, 0.25) is 0 Å². The second-order valence-electron chi connectivity index (χ2n) is 7.08. The number of phenols is 1. The number of phenolic OH excluding ortho intramolecular Hbond substituents is 1. The van der Waals surface area contributed by atoms with Gasteiger partial charge in [0.15, 0.2) is 0 Å². The molecule has 1 amide bonds. The molecule has 0 radical (unpaired) electrons. The van der Waals surface area contributed by atoms with Gasteiger partial charge in [-0.15, -0.1) is 0 Å². The monoisotopic (exact) mass is 263 g/mol. The van der Waals surface area contributed by atoms with E-state index in [0.29, 0.717) is 11.1 Å². The van der Waals surface area contributed by atoms with Crippen LogP contribution in [0.5, 0.6) is 5.75 Å². The Hall–Kier alpha value is -1.51. The van der Waals surface area contributed by atoms with Crippen LogP contribution < -0.4 is 5.32 Å². The Balaban J connectivity index is 2.81. The summed E-state index contributed by atoms with van der Waals surface area (Å²) in [5.41, 5.74) is 1.18. The fourth-order valence-corrected chi connectivity index (χ4v) is 2.55. The summed E-state index contributed by atoms with van der Waals surface area (Å²) in [7, 11) is 0. The van der Waals surface area contributed by atoms with E-state index in [1.54, 1.807) is 25.1 Å². The van der Waals surface area contributed by atoms with Crippen LogP contribution in [0.25, 0.3) is 0 Å². The van der Waals surface area contributed by atoms with E-state index < -0.39 is 0 Å². The largest absolute Gasteiger partial charge is 0.508 e. The fourth-order valence-electron chi connectivity index (χ4n) is 2.55. The predicted molar refractivity (Wildman–Crippen MR) is 78.5 cm³/mol. The number of carbonyl (C=O) groups is 1. The van der Waals surface area contributed by atoms with Crippen LogP contribution in [-0.4, -0.2) is 16.6 Å². The van der Waals surface area contributed by atoms with Crippen molar-refractivity contribution in [1.29, 1.82) is 0 Å². The highest BCUT2D eigenvalue weighted by atomic mass is 16.3. The highest BCUT2D eigenvalue weighted by molar-refractivity contribution is 5.95. The topological polar surface area (TPSA) is 49.3 Å². The van der Waals surface area contributed by atoms with Gasteiger partial charge in [0.25, 0.3) is 5.91 Å². The third-order valence-electron chi connectivity index (χ3n) is 2.88. The van der Waals surface area contributed by atoms with Gasteiger partial charge in [-0.2, -0.15) is 0 Å². The van der Waals surface area contributed by atoms with Crippen molar-refractivity contribution < 1.29 is 9.90 Å². The number of benzene rings is 1. The number of carbonyl (C=O) groups excluding carboxylic acids is 1. The highest BCUT2D eigenvalue weighted by Crippen LogP contribution is 2.27. The van der Waals surface area contributed by atoms with Gasteiger partial charge in [0.2, 0.25) is 0 Å². The zero-order valence-electron chi connectivity index (χ0n) is 12.8. The molecular weight excluding hydrogens is 238 g/mol. The molecule has 1 aromatic rings. The van der Waals surface area contributed by atoms with Crippen molar-refractivity contribution in [1.82, 2.24) is 5.32 Å². The SMILES string of the molecule is Cc1cc(C(=O)NC(C)(C)CC(C)(C)C)ccc1O. The van der Waals surface area contributed by atoms with Gasteiger partial charge in [-0.3, -0.25) is 4.79 Å². The molecule has 3 heteroatoms. The predicted octanol–water partition coefficient (Wildman–Crippen LogP) is 3.65. The van der Waals surface area contributed by atoms with Gasteiger partial charge >= 0.3 is 0 Å². The maximum atomic E-state index is 12.2. The van der Waals surface area contributed by atoms with E-state index in [0.717, 1.165) is 6.42 Å². The summed E-state index contributed by atoms with van der Waals surface area (Å²) in [6, 6.07) is 4.91. The molecule has 0 aliphatic heterocycles. The lowest BCUT2D eigenvalue weighted by Crippen LogP contribution is -2.45. The molecule has 1 aromatic carbocycles. The summed E-state index contributed by atoms with van der Waals surface area (Å²) < 4.78 is 0. The number of hydrogen-bond donors (Lipinski definition) is 2. The van der Waals surface area contributed by atoms with Crippen LogP contribution >= 0.6 is 0 Å². The van der Waals surface area contributed by atoms with Crippen molar-refractivity contribution >= 4 is 5.91 Å². The van der Waals surface area contributed by atoms with Crippen LogP contribution in [0.15, 0.2) is 18.2 Å². The molecule has 19 heavy (non-hydrogen) atoms. The molecule has 0 heterocycles. The minimum atomic E-state index is -0.263. The molecule has 0 aromatic heterocycles. The highest BCUT2D eigenvalue weighted by Gasteiger charge is 2.27. The summed E-state index contributed by atoms with van der Waals surface area (Å²) in [6.07, 6.45) is 0.892. The summed E-state index contributed by atoms with van der Waals surface area (Å²) in [4.78, 5) is 12.2. The summed E-state index contributed by atoms with van der Waals surface area (Å²) in [5, 5.41) is 12.5. The van der Waals surface area contributed by atoms with Crippen molar-refractivity contribution in [2.45, 2.75) is 53.5 Å². The van der Waals surface area contributed by atoms with Gasteiger partial charge in [0, 0.05) is 11.1 Å². The van der Waals surface area contributed by atoms with Crippen LogP contribution in [0.1, 0.15) is 57.0 Å². The Bertz CT molecular complexity index is 470. The molecule has 3 nitrogen and oxygen atoms in total. The summed E-state index contributed by atoms with van der Waals surface area (Å²) >= 11 is 0. The van der Waals surface area contributed by atoms with Crippen molar-refractivity contribution in [2.75, 3.05) is 0 Å². The van der Waals surface area contributed by atoms with Gasteiger partial charge in [0.1, 0.15) is 5.75 Å². The zero-order chi connectivity index (χ0) is 14.8. The third-order valence-corrected chi connectivity index (χ3v) is 2.88. The van der Waals surface area contributed by atoms with Crippen molar-refractivity contribution in [3.05, 3.63) is 29.3 Å². The molecule has 2 N–H and O–H groups in total. The average Bonchev–Trinajstić information content (AvgIpc) is 2.17. The Morgan fingerprint density at radius 3 is 2.26 bits per heavy atom. The van der Waals surface area contributed by atoms with E-state index in [2.05, 4.69) is 26.1 Å². The standard InChI is InChI=1S/C16H25NO2/c1-11-9-12(7-8-13(11)18)14(19)17-16(5,6)10-15(2,3)4/h7-9,18H,10H2,1-6H3,(H,17,19). The van der Waals surface area contributed by atoms with Crippen molar-refractivity contribution in [3.63, 3.8) is 0 Å². The minimum Gasteiger partial charge on any atom is -0.508 e. The molecule has 0 saturated carbocycles. The Morgan fingerprint density at radius 2 is 1.79 bits per heavy atom. The lowest BCUT2D eigenvalue weighted by Gasteiger charge is -2.33. The van der Waals surface area contributed by atoms with E-state index >= 15 is 0 Å². The third kappa shape index (κ3) is 4.93. The van der Waals surface area contributed by atoms with Gasteiger partial charge in [-0.25, -0.2) is 0 Å².